The Balaban J connectivity index is 2.06. The van der Waals surface area contributed by atoms with Gasteiger partial charge in [-0.1, -0.05) is 6.07 Å². The number of aryl methyl sites for hydroxylation is 2. The molecule has 0 aliphatic carbocycles. The van der Waals surface area contributed by atoms with Gasteiger partial charge in [0.2, 0.25) is 0 Å². The second-order valence-corrected chi connectivity index (χ2v) is 4.63. The van der Waals surface area contributed by atoms with Crippen molar-refractivity contribution in [2.24, 2.45) is 7.05 Å². The number of nitrogens with one attached hydrogen (secondary N) is 1. The number of hydrogen-bond donors (Lipinski definition) is 1. The maximum absolute atomic E-state index is 4.45. The summed E-state index contributed by atoms with van der Waals surface area (Å²) in [7, 11) is 1.98. The van der Waals surface area contributed by atoms with Gasteiger partial charge in [0.25, 0.3) is 0 Å². The second-order valence-electron chi connectivity index (χ2n) is 4.63. The first-order valence-electron chi connectivity index (χ1n) is 6.23. The van der Waals surface area contributed by atoms with Crippen molar-refractivity contribution in [3.8, 4) is 0 Å². The molecule has 0 fully saturated rings. The summed E-state index contributed by atoms with van der Waals surface area (Å²) in [5.41, 5.74) is 4.65. The van der Waals surface area contributed by atoms with Crippen molar-refractivity contribution < 1.29 is 0 Å². The molecule has 1 unspecified atom stereocenters. The molecule has 2 rings (SSSR count). The van der Waals surface area contributed by atoms with Crippen LogP contribution in [0.25, 0.3) is 0 Å². The van der Waals surface area contributed by atoms with E-state index < -0.39 is 0 Å². The zero-order chi connectivity index (χ0) is 13.1. The first-order valence-corrected chi connectivity index (χ1v) is 6.23. The number of pyridine rings is 1. The fourth-order valence-corrected chi connectivity index (χ4v) is 2.28. The molecule has 0 radical (unpaired) electrons. The van der Waals surface area contributed by atoms with E-state index in [9.17, 15) is 0 Å². The molecular formula is C14H20N4. The number of rotatable bonds is 4. The van der Waals surface area contributed by atoms with Gasteiger partial charge in [-0.3, -0.25) is 9.67 Å². The van der Waals surface area contributed by atoms with E-state index in [0.29, 0.717) is 0 Å². The Morgan fingerprint density at radius 1 is 1.33 bits per heavy atom. The zero-order valence-corrected chi connectivity index (χ0v) is 11.4. The normalized spacial score (nSPS) is 12.7. The average Bonchev–Trinajstić information content (AvgIpc) is 2.62. The van der Waals surface area contributed by atoms with Gasteiger partial charge in [-0.05, 0) is 32.9 Å². The Kier molecular flexibility index (Phi) is 3.77. The molecule has 0 saturated heterocycles. The molecule has 0 aliphatic rings. The van der Waals surface area contributed by atoms with Crippen molar-refractivity contribution in [2.75, 3.05) is 0 Å². The lowest BCUT2D eigenvalue weighted by Gasteiger charge is -2.14. The third-order valence-corrected chi connectivity index (χ3v) is 3.31. The summed E-state index contributed by atoms with van der Waals surface area (Å²) in [6.07, 6.45) is 1.82. The zero-order valence-electron chi connectivity index (χ0n) is 11.4. The fourth-order valence-electron chi connectivity index (χ4n) is 2.28. The lowest BCUT2D eigenvalue weighted by atomic mass is 10.1. The summed E-state index contributed by atoms with van der Waals surface area (Å²) >= 11 is 0. The van der Waals surface area contributed by atoms with Crippen LogP contribution in [-0.4, -0.2) is 14.8 Å². The monoisotopic (exact) mass is 244 g/mol. The quantitative estimate of drug-likeness (QED) is 0.897. The lowest BCUT2D eigenvalue weighted by Crippen LogP contribution is -2.19. The third-order valence-electron chi connectivity index (χ3n) is 3.31. The highest BCUT2D eigenvalue weighted by Gasteiger charge is 2.15. The van der Waals surface area contributed by atoms with E-state index in [1.807, 2.05) is 36.1 Å². The smallest absolute Gasteiger partial charge is 0.0644 e. The maximum Gasteiger partial charge on any atom is 0.0644 e. The average molecular weight is 244 g/mol. The van der Waals surface area contributed by atoms with Gasteiger partial charge in [-0.15, -0.1) is 0 Å². The Hall–Kier alpha value is -1.68. The molecule has 0 saturated carbocycles. The van der Waals surface area contributed by atoms with Gasteiger partial charge >= 0.3 is 0 Å². The van der Waals surface area contributed by atoms with Crippen LogP contribution < -0.4 is 5.32 Å². The summed E-state index contributed by atoms with van der Waals surface area (Å²) in [4.78, 5) is 4.31. The highest BCUT2D eigenvalue weighted by atomic mass is 15.3. The Labute approximate surface area is 108 Å². The van der Waals surface area contributed by atoms with Crippen LogP contribution in [0.2, 0.25) is 0 Å². The van der Waals surface area contributed by atoms with Gasteiger partial charge in [0.15, 0.2) is 0 Å². The van der Waals surface area contributed by atoms with Gasteiger partial charge < -0.3 is 5.32 Å². The molecule has 0 amide bonds. The third kappa shape index (κ3) is 2.59. The first kappa shape index (κ1) is 12.8. The van der Waals surface area contributed by atoms with Gasteiger partial charge in [-0.2, -0.15) is 5.10 Å². The predicted octanol–water partition coefficient (Wildman–Crippen LogP) is 2.28. The number of nitrogens with zero attached hydrogens (tertiary/aromatic N) is 3. The molecule has 0 spiro atoms. The molecule has 2 heterocycles. The lowest BCUT2D eigenvalue weighted by molar-refractivity contribution is 0.562. The minimum Gasteiger partial charge on any atom is -0.304 e. The first-order chi connectivity index (χ1) is 8.59. The molecular weight excluding hydrogens is 224 g/mol. The highest BCUT2D eigenvalue weighted by Crippen LogP contribution is 2.20. The minimum atomic E-state index is 0.278. The Bertz CT molecular complexity index is 516. The van der Waals surface area contributed by atoms with Crippen molar-refractivity contribution in [1.82, 2.24) is 20.1 Å². The van der Waals surface area contributed by atoms with Crippen LogP contribution in [0.3, 0.4) is 0 Å². The molecule has 18 heavy (non-hydrogen) atoms. The van der Waals surface area contributed by atoms with Crippen LogP contribution in [0.15, 0.2) is 24.4 Å². The van der Waals surface area contributed by atoms with Crippen molar-refractivity contribution >= 4 is 0 Å². The molecule has 96 valence electrons. The summed E-state index contributed by atoms with van der Waals surface area (Å²) in [5.74, 6) is 0. The van der Waals surface area contributed by atoms with E-state index in [1.165, 1.54) is 11.3 Å². The second kappa shape index (κ2) is 5.31. The molecule has 0 aromatic carbocycles. The van der Waals surface area contributed by atoms with Crippen LogP contribution in [0, 0.1) is 13.8 Å². The van der Waals surface area contributed by atoms with Crippen LogP contribution in [0.1, 0.15) is 35.6 Å². The highest BCUT2D eigenvalue weighted by molar-refractivity contribution is 5.27. The summed E-state index contributed by atoms with van der Waals surface area (Å²) in [5, 5.41) is 7.94. The predicted molar refractivity (Wildman–Crippen MR) is 72.2 cm³/mol. The molecule has 1 atom stereocenters. The van der Waals surface area contributed by atoms with Crippen molar-refractivity contribution in [2.45, 2.75) is 33.4 Å². The molecule has 0 aliphatic heterocycles. The van der Waals surface area contributed by atoms with Gasteiger partial charge in [0.05, 0.1) is 11.4 Å². The van der Waals surface area contributed by atoms with Gasteiger partial charge in [0, 0.05) is 37.1 Å². The van der Waals surface area contributed by atoms with Crippen molar-refractivity contribution in [3.63, 3.8) is 0 Å². The van der Waals surface area contributed by atoms with Gasteiger partial charge in [-0.25, -0.2) is 0 Å². The molecule has 0 bridgehead atoms. The summed E-state index contributed by atoms with van der Waals surface area (Å²) < 4.78 is 1.93. The fraction of sp³-hybridized carbons (Fsp3) is 0.429. The molecule has 1 N–H and O–H groups in total. The Morgan fingerprint density at radius 2 is 2.11 bits per heavy atom. The SMILES string of the molecule is Cc1nn(C)c(C)c1C(C)NCc1ccccn1. The summed E-state index contributed by atoms with van der Waals surface area (Å²) in [6.45, 7) is 7.10. The molecule has 4 nitrogen and oxygen atoms in total. The number of hydrogen-bond acceptors (Lipinski definition) is 3. The van der Waals surface area contributed by atoms with E-state index >= 15 is 0 Å². The molecule has 2 aromatic rings. The van der Waals surface area contributed by atoms with E-state index in [2.05, 4.69) is 36.2 Å². The topological polar surface area (TPSA) is 42.7 Å². The number of aromatic nitrogens is 3. The Morgan fingerprint density at radius 3 is 2.67 bits per heavy atom. The van der Waals surface area contributed by atoms with E-state index in [-0.39, 0.29) is 6.04 Å². The minimum absolute atomic E-state index is 0.278. The van der Waals surface area contributed by atoms with Gasteiger partial charge in [0.1, 0.15) is 0 Å². The standard InChI is InChI=1S/C14H20N4/c1-10(14-11(2)17-18(4)12(14)3)16-9-13-7-5-6-8-15-13/h5-8,10,16H,9H2,1-4H3. The van der Waals surface area contributed by atoms with E-state index in [0.717, 1.165) is 17.9 Å². The van der Waals surface area contributed by atoms with Crippen LogP contribution >= 0.6 is 0 Å². The van der Waals surface area contributed by atoms with Crippen molar-refractivity contribution in [3.05, 3.63) is 47.0 Å². The van der Waals surface area contributed by atoms with Crippen LogP contribution in [0.5, 0.6) is 0 Å². The van der Waals surface area contributed by atoms with E-state index in [4.69, 9.17) is 0 Å². The largest absolute Gasteiger partial charge is 0.304 e. The summed E-state index contributed by atoms with van der Waals surface area (Å²) in [6, 6.07) is 6.25. The molecule has 2 aromatic heterocycles. The van der Waals surface area contributed by atoms with E-state index in [1.54, 1.807) is 0 Å². The molecule has 4 heteroatoms. The van der Waals surface area contributed by atoms with Crippen LogP contribution in [-0.2, 0) is 13.6 Å². The maximum atomic E-state index is 4.45. The van der Waals surface area contributed by atoms with Crippen LogP contribution in [0.4, 0.5) is 0 Å². The van der Waals surface area contributed by atoms with Crippen molar-refractivity contribution in [1.29, 1.82) is 0 Å².